The molecule has 0 fully saturated rings. The van der Waals surface area contributed by atoms with Crippen LogP contribution in [0.5, 0.6) is 0 Å². The fourth-order valence-corrected chi connectivity index (χ4v) is 9.38. The number of fused-ring (bicyclic) bond motifs is 11. The lowest BCUT2D eigenvalue weighted by Gasteiger charge is -2.16. The summed E-state index contributed by atoms with van der Waals surface area (Å²) in [5.74, 6) is 0.705. The number of hydrogen-bond acceptors (Lipinski definition) is 2. The van der Waals surface area contributed by atoms with Crippen LogP contribution in [0.1, 0.15) is 0 Å². The molecule has 0 saturated carbocycles. The van der Waals surface area contributed by atoms with Crippen molar-refractivity contribution in [3.05, 3.63) is 206 Å². The van der Waals surface area contributed by atoms with Crippen LogP contribution in [0.3, 0.4) is 0 Å². The summed E-state index contributed by atoms with van der Waals surface area (Å²) in [6.45, 7) is 0. The molecule has 0 aliphatic carbocycles. The van der Waals surface area contributed by atoms with Gasteiger partial charge in [-0.2, -0.15) is 0 Å². The molecule has 0 spiro atoms. The summed E-state index contributed by atoms with van der Waals surface area (Å²) in [4.78, 5) is 10.4. The highest BCUT2D eigenvalue weighted by Crippen LogP contribution is 2.44. The maximum atomic E-state index is 5.29. The Kier molecular flexibility index (Phi) is 7.26. The van der Waals surface area contributed by atoms with Gasteiger partial charge in [-0.25, -0.2) is 9.97 Å². The summed E-state index contributed by atoms with van der Waals surface area (Å²) in [5, 5.41) is 19.7. The van der Waals surface area contributed by atoms with Crippen LogP contribution < -0.4 is 0 Å². The minimum Gasteiger partial charge on any atom is -0.228 e. The average Bonchev–Trinajstić information content (AvgIpc) is 3.30. The molecule has 12 aromatic rings. The van der Waals surface area contributed by atoms with Gasteiger partial charge >= 0.3 is 0 Å². The molecular weight excluding hydrogens is 701 g/mol. The summed E-state index contributed by atoms with van der Waals surface area (Å²) in [6, 6.07) is 75.0. The molecule has 1 heterocycles. The molecule has 0 N–H and O–H groups in total. The Morgan fingerprint density at radius 2 is 0.707 bits per heavy atom. The van der Waals surface area contributed by atoms with E-state index in [0.717, 1.165) is 28.1 Å². The van der Waals surface area contributed by atoms with E-state index >= 15 is 0 Å². The maximum absolute atomic E-state index is 5.29. The van der Waals surface area contributed by atoms with Crippen molar-refractivity contribution in [2.75, 3.05) is 0 Å². The van der Waals surface area contributed by atoms with E-state index in [1.807, 2.05) is 24.3 Å². The van der Waals surface area contributed by atoms with Gasteiger partial charge in [-0.3, -0.25) is 0 Å². The molecule has 0 radical (unpaired) electrons. The Hall–Kier alpha value is -7.68. The first kappa shape index (κ1) is 32.6. The summed E-state index contributed by atoms with van der Waals surface area (Å²) in [6.07, 6.45) is 0. The van der Waals surface area contributed by atoms with E-state index in [1.165, 1.54) is 86.2 Å². The molecule has 0 aliphatic rings. The van der Waals surface area contributed by atoms with E-state index in [2.05, 4.69) is 182 Å². The first-order chi connectivity index (χ1) is 28.8. The second kappa shape index (κ2) is 12.9. The summed E-state index contributed by atoms with van der Waals surface area (Å²) < 4.78 is 0. The Labute approximate surface area is 335 Å². The zero-order valence-electron chi connectivity index (χ0n) is 31.5. The van der Waals surface area contributed by atoms with Crippen LogP contribution in [0.25, 0.3) is 120 Å². The van der Waals surface area contributed by atoms with Crippen LogP contribution in [-0.4, -0.2) is 9.97 Å². The molecule has 11 aromatic carbocycles. The van der Waals surface area contributed by atoms with Crippen molar-refractivity contribution in [1.82, 2.24) is 9.97 Å². The molecule has 0 atom stereocenters. The third-order valence-corrected chi connectivity index (χ3v) is 12.0. The third kappa shape index (κ3) is 5.05. The van der Waals surface area contributed by atoms with Crippen LogP contribution in [0.15, 0.2) is 206 Å². The molecule has 0 aliphatic heterocycles. The molecule has 0 saturated heterocycles. The quantitative estimate of drug-likeness (QED) is 0.169. The highest BCUT2D eigenvalue weighted by molar-refractivity contribution is 6.36. The van der Waals surface area contributed by atoms with Crippen LogP contribution in [0, 0.1) is 0 Å². The van der Waals surface area contributed by atoms with Crippen molar-refractivity contribution in [3.63, 3.8) is 0 Å². The van der Waals surface area contributed by atoms with Gasteiger partial charge in [-0.05, 0) is 104 Å². The van der Waals surface area contributed by atoms with Gasteiger partial charge in [0.1, 0.15) is 0 Å². The van der Waals surface area contributed by atoms with Gasteiger partial charge in [0, 0.05) is 16.7 Å². The van der Waals surface area contributed by atoms with Gasteiger partial charge in [0.05, 0.1) is 11.4 Å². The third-order valence-electron chi connectivity index (χ3n) is 12.0. The summed E-state index contributed by atoms with van der Waals surface area (Å²) in [5.41, 5.74) is 4.85. The Morgan fingerprint density at radius 3 is 1.34 bits per heavy atom. The van der Waals surface area contributed by atoms with Crippen LogP contribution in [-0.2, 0) is 0 Å². The first-order valence-electron chi connectivity index (χ1n) is 19.9. The summed E-state index contributed by atoms with van der Waals surface area (Å²) >= 11 is 0. The Morgan fingerprint density at radius 1 is 0.224 bits per heavy atom. The second-order valence-corrected chi connectivity index (χ2v) is 15.2. The normalized spacial score (nSPS) is 11.8. The number of benzene rings is 10. The van der Waals surface area contributed by atoms with E-state index in [0.29, 0.717) is 5.82 Å². The molecule has 0 bridgehead atoms. The molecular formula is C56H34N2. The SMILES string of the molecule is c1ccc(-c2cc(-c3ccc4c5ccccc5c5ccccc5c5ccccc5c5c(cc6ccc7cccc8ccc5c6c78)c4c3)nc(-c3ccccc3)n2)cc1. The fourth-order valence-electron chi connectivity index (χ4n) is 9.38. The lowest BCUT2D eigenvalue weighted by atomic mass is 9.87. The van der Waals surface area contributed by atoms with E-state index in [4.69, 9.17) is 9.97 Å². The Balaban J connectivity index is 1.32. The van der Waals surface area contributed by atoms with Crippen molar-refractivity contribution in [2.24, 2.45) is 0 Å². The average molecular weight is 735 g/mol. The molecule has 12 rings (SSSR count). The Bertz CT molecular complexity index is 3590. The molecule has 58 heavy (non-hydrogen) atoms. The first-order valence-corrected chi connectivity index (χ1v) is 19.9. The van der Waals surface area contributed by atoms with Crippen LogP contribution in [0.4, 0.5) is 0 Å². The van der Waals surface area contributed by atoms with Gasteiger partial charge < -0.3 is 0 Å². The topological polar surface area (TPSA) is 25.8 Å². The fraction of sp³-hybridized carbons (Fsp3) is 0. The van der Waals surface area contributed by atoms with Crippen molar-refractivity contribution in [2.45, 2.75) is 0 Å². The van der Waals surface area contributed by atoms with Crippen molar-refractivity contribution < 1.29 is 0 Å². The monoisotopic (exact) mass is 734 g/mol. The van der Waals surface area contributed by atoms with Crippen molar-refractivity contribution in [1.29, 1.82) is 0 Å². The summed E-state index contributed by atoms with van der Waals surface area (Å²) in [7, 11) is 0. The van der Waals surface area contributed by atoms with Gasteiger partial charge in [0.15, 0.2) is 5.82 Å². The number of hydrogen-bond donors (Lipinski definition) is 0. The maximum Gasteiger partial charge on any atom is 0.160 e. The van der Waals surface area contributed by atoms with E-state index in [-0.39, 0.29) is 0 Å². The number of nitrogens with zero attached hydrogens (tertiary/aromatic N) is 2. The van der Waals surface area contributed by atoms with Gasteiger partial charge in [0.2, 0.25) is 0 Å². The van der Waals surface area contributed by atoms with E-state index < -0.39 is 0 Å². The van der Waals surface area contributed by atoms with E-state index in [9.17, 15) is 0 Å². The molecule has 0 unspecified atom stereocenters. The smallest absolute Gasteiger partial charge is 0.160 e. The zero-order valence-corrected chi connectivity index (χ0v) is 31.5. The minimum atomic E-state index is 0.705. The van der Waals surface area contributed by atoms with Gasteiger partial charge in [0.25, 0.3) is 0 Å². The largest absolute Gasteiger partial charge is 0.228 e. The molecule has 2 nitrogen and oxygen atoms in total. The van der Waals surface area contributed by atoms with Crippen LogP contribution >= 0.6 is 0 Å². The predicted octanol–water partition coefficient (Wildman–Crippen LogP) is 15.3. The van der Waals surface area contributed by atoms with Crippen molar-refractivity contribution >= 4 is 86.2 Å². The van der Waals surface area contributed by atoms with Crippen LogP contribution in [0.2, 0.25) is 0 Å². The van der Waals surface area contributed by atoms with Crippen molar-refractivity contribution in [3.8, 4) is 33.9 Å². The minimum absolute atomic E-state index is 0.705. The standard InChI is InChI=1S/C56H34N2/c1-3-14-35(15-4-1)51-34-52(58-56(57-51)38-16-5-2-6-17-38)39-29-30-46-44-23-10-8-21-42(44)41-20-7-9-22-43(41)45-24-11-12-25-47(45)55-48-31-28-37-19-13-18-36-26-27-40(54(48)53(36)37)33-50(55)49(46)32-39/h1-34H. The number of aromatic nitrogens is 2. The van der Waals surface area contributed by atoms with E-state index in [1.54, 1.807) is 0 Å². The molecule has 1 aromatic heterocycles. The molecule has 2 heteroatoms. The zero-order chi connectivity index (χ0) is 38.2. The highest BCUT2D eigenvalue weighted by atomic mass is 14.9. The van der Waals surface area contributed by atoms with Gasteiger partial charge in [-0.15, -0.1) is 0 Å². The molecule has 268 valence electrons. The lowest BCUT2D eigenvalue weighted by molar-refractivity contribution is 1.18. The highest BCUT2D eigenvalue weighted by Gasteiger charge is 2.17. The second-order valence-electron chi connectivity index (χ2n) is 15.2. The van der Waals surface area contributed by atoms with Gasteiger partial charge in [-0.1, -0.05) is 188 Å². The lowest BCUT2D eigenvalue weighted by Crippen LogP contribution is -1.96. The predicted molar refractivity (Wildman–Crippen MR) is 247 cm³/mol. The number of rotatable bonds is 3. The molecule has 0 amide bonds.